The second-order valence-corrected chi connectivity index (χ2v) is 4.98. The van der Waals surface area contributed by atoms with Gasteiger partial charge in [0.2, 0.25) is 5.91 Å². The SMILES string of the molecule is Cc1ccccc1N1CCN(C(=O)CCCO)CC1. The Bertz CT molecular complexity index is 426. The minimum absolute atomic E-state index is 0.0922. The van der Waals surface area contributed by atoms with Crippen molar-refractivity contribution in [1.82, 2.24) is 4.90 Å². The van der Waals surface area contributed by atoms with Crippen molar-refractivity contribution in [2.75, 3.05) is 37.7 Å². The van der Waals surface area contributed by atoms with Gasteiger partial charge in [0.25, 0.3) is 0 Å². The van der Waals surface area contributed by atoms with E-state index in [1.54, 1.807) is 0 Å². The Morgan fingerprint density at radius 3 is 2.53 bits per heavy atom. The number of benzene rings is 1. The minimum atomic E-state index is 0.0922. The van der Waals surface area contributed by atoms with E-state index in [1.807, 2.05) is 11.0 Å². The van der Waals surface area contributed by atoms with E-state index >= 15 is 0 Å². The first-order valence-corrected chi connectivity index (χ1v) is 6.91. The fourth-order valence-corrected chi connectivity index (χ4v) is 2.50. The Morgan fingerprint density at radius 1 is 1.21 bits per heavy atom. The van der Waals surface area contributed by atoms with Crippen molar-refractivity contribution < 1.29 is 9.90 Å². The van der Waals surface area contributed by atoms with E-state index in [0.717, 1.165) is 26.2 Å². The van der Waals surface area contributed by atoms with Gasteiger partial charge in [-0.25, -0.2) is 0 Å². The van der Waals surface area contributed by atoms with Crippen molar-refractivity contribution >= 4 is 11.6 Å². The van der Waals surface area contributed by atoms with Crippen molar-refractivity contribution in [1.29, 1.82) is 0 Å². The summed E-state index contributed by atoms with van der Waals surface area (Å²) in [4.78, 5) is 16.1. The standard InChI is InChI=1S/C15H22N2O2/c1-13-5-2-3-6-14(13)16-8-10-17(11-9-16)15(19)7-4-12-18/h2-3,5-6,18H,4,7-12H2,1H3. The number of carbonyl (C=O) groups is 1. The van der Waals surface area contributed by atoms with Crippen LogP contribution in [0, 0.1) is 6.92 Å². The number of amides is 1. The minimum Gasteiger partial charge on any atom is -0.396 e. The highest BCUT2D eigenvalue weighted by Crippen LogP contribution is 2.20. The number of para-hydroxylation sites is 1. The van der Waals surface area contributed by atoms with Crippen molar-refractivity contribution in [3.63, 3.8) is 0 Å². The van der Waals surface area contributed by atoms with Gasteiger partial charge in [-0.15, -0.1) is 0 Å². The number of aliphatic hydroxyl groups excluding tert-OH is 1. The number of nitrogens with zero attached hydrogens (tertiary/aromatic N) is 2. The predicted octanol–water partition coefficient (Wildman–Crippen LogP) is 1.42. The molecule has 2 rings (SSSR count). The third-order valence-corrected chi connectivity index (χ3v) is 3.64. The van der Waals surface area contributed by atoms with Gasteiger partial charge in [-0.2, -0.15) is 0 Å². The molecule has 0 atom stereocenters. The summed E-state index contributed by atoms with van der Waals surface area (Å²) in [5, 5.41) is 8.76. The lowest BCUT2D eigenvalue weighted by Gasteiger charge is -2.36. The van der Waals surface area contributed by atoms with Crippen LogP contribution in [0.2, 0.25) is 0 Å². The Balaban J connectivity index is 1.89. The van der Waals surface area contributed by atoms with Gasteiger partial charge in [-0.1, -0.05) is 18.2 Å². The van der Waals surface area contributed by atoms with Crippen LogP contribution in [0.15, 0.2) is 24.3 Å². The van der Waals surface area contributed by atoms with Crippen LogP contribution >= 0.6 is 0 Å². The molecule has 104 valence electrons. The molecule has 1 aromatic carbocycles. The topological polar surface area (TPSA) is 43.8 Å². The molecule has 0 spiro atoms. The molecule has 1 N–H and O–H groups in total. The first kappa shape index (κ1) is 13.9. The molecule has 1 saturated heterocycles. The molecular weight excluding hydrogens is 240 g/mol. The van der Waals surface area contributed by atoms with Gasteiger partial charge in [-0.05, 0) is 25.0 Å². The van der Waals surface area contributed by atoms with Gasteiger partial charge in [0.05, 0.1) is 0 Å². The zero-order valence-corrected chi connectivity index (χ0v) is 11.5. The summed E-state index contributed by atoms with van der Waals surface area (Å²) in [6.07, 6.45) is 1.03. The third kappa shape index (κ3) is 3.47. The number of rotatable bonds is 4. The molecule has 0 aromatic heterocycles. The van der Waals surface area contributed by atoms with E-state index < -0.39 is 0 Å². The molecule has 4 nitrogen and oxygen atoms in total. The number of anilines is 1. The van der Waals surface area contributed by atoms with E-state index in [2.05, 4.69) is 30.0 Å². The van der Waals surface area contributed by atoms with Crippen LogP contribution < -0.4 is 4.90 Å². The van der Waals surface area contributed by atoms with Gasteiger partial charge >= 0.3 is 0 Å². The zero-order chi connectivity index (χ0) is 13.7. The first-order valence-electron chi connectivity index (χ1n) is 6.91. The number of aryl methyl sites for hydroxylation is 1. The van der Waals surface area contributed by atoms with E-state index in [9.17, 15) is 4.79 Å². The summed E-state index contributed by atoms with van der Waals surface area (Å²) >= 11 is 0. The third-order valence-electron chi connectivity index (χ3n) is 3.64. The van der Waals surface area contributed by atoms with Crippen LogP contribution in [0.1, 0.15) is 18.4 Å². The Kier molecular flexibility index (Phi) is 4.80. The van der Waals surface area contributed by atoms with E-state index in [4.69, 9.17) is 5.11 Å². The van der Waals surface area contributed by atoms with Crippen LogP contribution in [0.25, 0.3) is 0 Å². The molecule has 0 bridgehead atoms. The Hall–Kier alpha value is -1.55. The van der Waals surface area contributed by atoms with Gasteiger partial charge in [0, 0.05) is 44.9 Å². The maximum atomic E-state index is 11.9. The summed E-state index contributed by atoms with van der Waals surface area (Å²) in [6, 6.07) is 8.36. The summed E-state index contributed by atoms with van der Waals surface area (Å²) < 4.78 is 0. The summed E-state index contributed by atoms with van der Waals surface area (Å²) in [7, 11) is 0. The number of aliphatic hydroxyl groups is 1. The van der Waals surface area contributed by atoms with Gasteiger partial charge in [-0.3, -0.25) is 4.79 Å². The van der Waals surface area contributed by atoms with E-state index in [1.165, 1.54) is 11.3 Å². The Morgan fingerprint density at radius 2 is 1.89 bits per heavy atom. The fraction of sp³-hybridized carbons (Fsp3) is 0.533. The first-order chi connectivity index (χ1) is 9.22. The number of hydrogen-bond donors (Lipinski definition) is 1. The quantitative estimate of drug-likeness (QED) is 0.892. The number of piperazine rings is 1. The molecule has 1 aliphatic heterocycles. The highest BCUT2D eigenvalue weighted by atomic mass is 16.3. The molecule has 19 heavy (non-hydrogen) atoms. The molecule has 1 fully saturated rings. The fourth-order valence-electron chi connectivity index (χ4n) is 2.50. The summed E-state index contributed by atoms with van der Waals surface area (Å²) in [6.45, 7) is 5.53. The molecule has 1 heterocycles. The molecule has 1 aliphatic rings. The van der Waals surface area contributed by atoms with Crippen molar-refractivity contribution in [3.05, 3.63) is 29.8 Å². The molecule has 0 saturated carbocycles. The molecular formula is C15H22N2O2. The number of hydrogen-bond acceptors (Lipinski definition) is 3. The monoisotopic (exact) mass is 262 g/mol. The highest BCUT2D eigenvalue weighted by molar-refractivity contribution is 5.76. The van der Waals surface area contributed by atoms with Crippen LogP contribution in [0.4, 0.5) is 5.69 Å². The lowest BCUT2D eigenvalue weighted by molar-refractivity contribution is -0.131. The molecule has 1 amide bonds. The van der Waals surface area contributed by atoms with Crippen LogP contribution in [-0.4, -0.2) is 48.7 Å². The lowest BCUT2D eigenvalue weighted by Crippen LogP contribution is -2.49. The second-order valence-electron chi connectivity index (χ2n) is 4.98. The largest absolute Gasteiger partial charge is 0.396 e. The van der Waals surface area contributed by atoms with E-state index in [0.29, 0.717) is 12.8 Å². The smallest absolute Gasteiger partial charge is 0.222 e. The van der Waals surface area contributed by atoms with Gasteiger partial charge < -0.3 is 14.9 Å². The Labute approximate surface area is 114 Å². The second kappa shape index (κ2) is 6.57. The van der Waals surface area contributed by atoms with Crippen molar-refractivity contribution in [2.24, 2.45) is 0 Å². The van der Waals surface area contributed by atoms with Crippen LogP contribution in [-0.2, 0) is 4.79 Å². The summed E-state index contributed by atoms with van der Waals surface area (Å²) in [5.74, 6) is 0.165. The average Bonchev–Trinajstić information content (AvgIpc) is 2.45. The van der Waals surface area contributed by atoms with Gasteiger partial charge in [0.1, 0.15) is 0 Å². The molecule has 1 aromatic rings. The molecule has 0 unspecified atom stereocenters. The lowest BCUT2D eigenvalue weighted by atomic mass is 10.1. The molecule has 0 aliphatic carbocycles. The number of carbonyl (C=O) groups excluding carboxylic acids is 1. The maximum Gasteiger partial charge on any atom is 0.222 e. The molecule has 4 heteroatoms. The van der Waals surface area contributed by atoms with Crippen LogP contribution in [0.3, 0.4) is 0 Å². The summed E-state index contributed by atoms with van der Waals surface area (Å²) in [5.41, 5.74) is 2.55. The van der Waals surface area contributed by atoms with Crippen molar-refractivity contribution in [3.8, 4) is 0 Å². The normalized spacial score (nSPS) is 15.7. The van der Waals surface area contributed by atoms with Crippen LogP contribution in [0.5, 0.6) is 0 Å². The average molecular weight is 262 g/mol. The van der Waals surface area contributed by atoms with Gasteiger partial charge in [0.15, 0.2) is 0 Å². The van der Waals surface area contributed by atoms with E-state index in [-0.39, 0.29) is 12.5 Å². The zero-order valence-electron chi connectivity index (χ0n) is 11.5. The predicted molar refractivity (Wildman–Crippen MR) is 76.3 cm³/mol. The highest BCUT2D eigenvalue weighted by Gasteiger charge is 2.21. The maximum absolute atomic E-state index is 11.9. The van der Waals surface area contributed by atoms with Crippen molar-refractivity contribution in [2.45, 2.75) is 19.8 Å². The molecule has 0 radical (unpaired) electrons.